The van der Waals surface area contributed by atoms with Gasteiger partial charge in [-0.25, -0.2) is 4.99 Å². The fraction of sp³-hybridized carbons (Fsp3) is 0.0192. The van der Waals surface area contributed by atoms with Crippen molar-refractivity contribution in [1.29, 1.82) is 0 Å². The molecule has 4 heteroatoms. The van der Waals surface area contributed by atoms with Crippen LogP contribution in [0.2, 0.25) is 0 Å². The van der Waals surface area contributed by atoms with Gasteiger partial charge < -0.3 is 14.5 Å². The van der Waals surface area contributed by atoms with Crippen LogP contribution in [0.4, 0.5) is 0 Å². The topological polar surface area (TPSA) is 34.2 Å². The largest absolute Gasteiger partial charge is 0.359 e. The highest BCUT2D eigenvalue weighted by molar-refractivity contribution is 6.12. The van der Waals surface area contributed by atoms with Gasteiger partial charge in [-0.15, -0.1) is 0 Å². The summed E-state index contributed by atoms with van der Waals surface area (Å²) in [5.41, 5.74) is 13.8. The molecule has 0 fully saturated rings. The normalized spacial score (nSPS) is 14.2. The maximum Gasteiger partial charge on any atom is 0.134 e. The molecule has 2 aromatic heterocycles. The number of rotatable bonds is 6. The van der Waals surface area contributed by atoms with E-state index in [9.17, 15) is 0 Å². The molecule has 264 valence electrons. The lowest BCUT2D eigenvalue weighted by Crippen LogP contribution is -2.31. The number of benzene rings is 8. The van der Waals surface area contributed by atoms with E-state index in [4.69, 9.17) is 4.99 Å². The molecule has 3 heterocycles. The second-order valence-electron chi connectivity index (χ2n) is 14.5. The molecule has 1 atom stereocenters. The van der Waals surface area contributed by atoms with Crippen molar-refractivity contribution in [3.63, 3.8) is 0 Å². The van der Waals surface area contributed by atoms with Crippen molar-refractivity contribution in [2.75, 3.05) is 0 Å². The molecule has 1 N–H and O–H groups in total. The van der Waals surface area contributed by atoms with Crippen LogP contribution in [0.15, 0.2) is 211 Å². The van der Waals surface area contributed by atoms with E-state index in [0.29, 0.717) is 0 Å². The van der Waals surface area contributed by atoms with E-state index in [1.807, 2.05) is 6.07 Å². The summed E-state index contributed by atoms with van der Waals surface area (Å²) in [6, 6.07) is 71.7. The second-order valence-corrected chi connectivity index (χ2v) is 14.5. The van der Waals surface area contributed by atoms with E-state index in [-0.39, 0.29) is 6.04 Å². The van der Waals surface area contributed by atoms with Gasteiger partial charge in [-0.3, -0.25) is 0 Å². The first-order valence-electron chi connectivity index (χ1n) is 19.2. The van der Waals surface area contributed by atoms with Crippen LogP contribution in [0.5, 0.6) is 0 Å². The Labute approximate surface area is 324 Å². The Balaban J connectivity index is 1.00. The van der Waals surface area contributed by atoms with Crippen molar-refractivity contribution < 1.29 is 0 Å². The zero-order chi connectivity index (χ0) is 37.0. The zero-order valence-corrected chi connectivity index (χ0v) is 30.5. The van der Waals surface area contributed by atoms with Crippen LogP contribution in [0.3, 0.4) is 0 Å². The van der Waals surface area contributed by atoms with Crippen molar-refractivity contribution in [3.8, 4) is 22.5 Å². The average Bonchev–Trinajstić information content (AvgIpc) is 3.79. The van der Waals surface area contributed by atoms with Crippen LogP contribution in [0.1, 0.15) is 22.7 Å². The first kappa shape index (κ1) is 32.0. The molecule has 8 aromatic carbocycles. The van der Waals surface area contributed by atoms with Crippen molar-refractivity contribution in [3.05, 3.63) is 223 Å². The van der Waals surface area contributed by atoms with Gasteiger partial charge in [0.25, 0.3) is 0 Å². The number of fused-ring (bicyclic) bond motifs is 6. The molecule has 0 amide bonds. The lowest BCUT2D eigenvalue weighted by molar-refractivity contribution is 0.781. The van der Waals surface area contributed by atoms with Gasteiger partial charge in [0, 0.05) is 44.0 Å². The number of para-hydroxylation sites is 3. The van der Waals surface area contributed by atoms with Crippen molar-refractivity contribution in [2.24, 2.45) is 4.99 Å². The van der Waals surface area contributed by atoms with Gasteiger partial charge in [-0.2, -0.15) is 0 Å². The van der Waals surface area contributed by atoms with E-state index in [1.165, 1.54) is 60.3 Å². The first-order valence-corrected chi connectivity index (χ1v) is 19.2. The average molecular weight is 717 g/mol. The number of nitrogens with one attached hydrogen (secondary N) is 1. The highest BCUT2D eigenvalue weighted by atomic mass is 15.0. The Morgan fingerprint density at radius 2 is 0.893 bits per heavy atom. The Hall–Kier alpha value is -7.43. The maximum atomic E-state index is 5.14. The summed E-state index contributed by atoms with van der Waals surface area (Å²) in [5.74, 6) is 0.875. The minimum Gasteiger partial charge on any atom is -0.359 e. The Bertz CT molecular complexity index is 3130. The Morgan fingerprint density at radius 3 is 1.62 bits per heavy atom. The molecule has 0 bridgehead atoms. The number of aromatic nitrogens is 2. The standard InChI is InChI=1S/C52H36N4/c1-4-14-35(15-5-1)46-34-47(54-52(53-46)37-16-6-2-7-17-37)36-24-28-41(29-25-36)55-49-23-13-11-21-43(49)45-32-38(27-31-50(45)55)39-26-30-44-42-20-10-12-22-48(42)56(51(44)33-39)40-18-8-3-9-19-40/h1-34,46H,(H,53,54). The lowest BCUT2D eigenvalue weighted by atomic mass is 10.0. The fourth-order valence-corrected chi connectivity index (χ4v) is 8.50. The highest BCUT2D eigenvalue weighted by Gasteiger charge is 2.21. The lowest BCUT2D eigenvalue weighted by Gasteiger charge is -2.24. The number of aliphatic imine (C=N–C) groups is 1. The van der Waals surface area contributed by atoms with Gasteiger partial charge in [-0.05, 0) is 77.4 Å². The molecule has 0 aliphatic carbocycles. The molecule has 0 saturated heterocycles. The molecule has 0 radical (unpaired) electrons. The predicted molar refractivity (Wildman–Crippen MR) is 234 cm³/mol. The summed E-state index contributed by atoms with van der Waals surface area (Å²) >= 11 is 0. The highest BCUT2D eigenvalue weighted by Crippen LogP contribution is 2.38. The number of amidine groups is 1. The molecule has 11 rings (SSSR count). The molecule has 0 saturated carbocycles. The third kappa shape index (κ3) is 5.34. The van der Waals surface area contributed by atoms with E-state index >= 15 is 0 Å². The van der Waals surface area contributed by atoms with E-state index < -0.39 is 0 Å². The van der Waals surface area contributed by atoms with Crippen LogP contribution in [-0.4, -0.2) is 15.0 Å². The van der Waals surface area contributed by atoms with E-state index in [0.717, 1.165) is 34.0 Å². The molecule has 56 heavy (non-hydrogen) atoms. The van der Waals surface area contributed by atoms with E-state index in [1.54, 1.807) is 0 Å². The van der Waals surface area contributed by atoms with Gasteiger partial charge in [0.2, 0.25) is 0 Å². The summed E-state index contributed by atoms with van der Waals surface area (Å²) in [6.45, 7) is 0. The van der Waals surface area contributed by atoms with Crippen molar-refractivity contribution in [2.45, 2.75) is 6.04 Å². The number of nitrogens with zero attached hydrogens (tertiary/aromatic N) is 3. The van der Waals surface area contributed by atoms with Crippen LogP contribution in [0, 0.1) is 0 Å². The molecular weight excluding hydrogens is 681 g/mol. The Morgan fingerprint density at radius 1 is 0.375 bits per heavy atom. The van der Waals surface area contributed by atoms with Gasteiger partial charge in [-0.1, -0.05) is 146 Å². The summed E-state index contributed by atoms with van der Waals surface area (Å²) in [6.07, 6.45) is 2.23. The molecule has 0 spiro atoms. The SMILES string of the molecule is C1=C(c2ccc(-n3c4ccccc4c4cc(-c5ccc6c7ccccc7n(-c7ccccc7)c6c5)ccc43)cc2)N=C(c2ccccc2)NC1c1ccccc1. The number of hydrogen-bond donors (Lipinski definition) is 1. The number of hydrogen-bond acceptors (Lipinski definition) is 2. The quantitative estimate of drug-likeness (QED) is 0.183. The van der Waals surface area contributed by atoms with Crippen molar-refractivity contribution >= 4 is 55.1 Å². The van der Waals surface area contributed by atoms with Crippen LogP contribution < -0.4 is 5.32 Å². The third-order valence-electron chi connectivity index (χ3n) is 11.2. The summed E-state index contributed by atoms with van der Waals surface area (Å²) in [7, 11) is 0. The molecule has 1 unspecified atom stereocenters. The smallest absolute Gasteiger partial charge is 0.134 e. The molecular formula is C52H36N4. The van der Waals surface area contributed by atoms with Gasteiger partial charge in [0.1, 0.15) is 5.84 Å². The Kier molecular flexibility index (Phi) is 7.52. The minimum absolute atomic E-state index is 0.00696. The van der Waals surface area contributed by atoms with Crippen molar-refractivity contribution in [1.82, 2.24) is 14.5 Å². The van der Waals surface area contributed by atoms with Crippen LogP contribution >= 0.6 is 0 Å². The molecule has 1 aliphatic heterocycles. The summed E-state index contributed by atoms with van der Waals surface area (Å²) in [5, 5.41) is 8.65. The third-order valence-corrected chi connectivity index (χ3v) is 11.2. The molecule has 10 aromatic rings. The molecule has 4 nitrogen and oxygen atoms in total. The second kappa shape index (κ2) is 13.2. The zero-order valence-electron chi connectivity index (χ0n) is 30.5. The van der Waals surface area contributed by atoms with Gasteiger partial charge in [0.15, 0.2) is 0 Å². The van der Waals surface area contributed by atoms with Crippen LogP contribution in [0.25, 0.3) is 71.8 Å². The van der Waals surface area contributed by atoms with Crippen LogP contribution in [-0.2, 0) is 0 Å². The summed E-state index contributed by atoms with van der Waals surface area (Å²) in [4.78, 5) is 5.14. The summed E-state index contributed by atoms with van der Waals surface area (Å²) < 4.78 is 4.77. The molecule has 1 aliphatic rings. The first-order chi connectivity index (χ1) is 27.8. The van der Waals surface area contributed by atoms with E-state index in [2.05, 4.69) is 215 Å². The minimum atomic E-state index is 0.00696. The van der Waals surface area contributed by atoms with Gasteiger partial charge >= 0.3 is 0 Å². The fourth-order valence-electron chi connectivity index (χ4n) is 8.50. The predicted octanol–water partition coefficient (Wildman–Crippen LogP) is 12.7. The van der Waals surface area contributed by atoms with Gasteiger partial charge in [0.05, 0.1) is 33.8 Å². The monoisotopic (exact) mass is 716 g/mol. The maximum absolute atomic E-state index is 5.14.